The van der Waals surface area contributed by atoms with Gasteiger partial charge < -0.3 is 4.90 Å². The predicted octanol–water partition coefficient (Wildman–Crippen LogP) is 3.77. The molecule has 0 spiro atoms. The molecule has 0 aliphatic rings. The average molecular weight is 265 g/mol. The average Bonchev–Trinajstić information content (AvgIpc) is 2.43. The van der Waals surface area contributed by atoms with Crippen molar-refractivity contribution in [1.82, 2.24) is 4.90 Å². The minimum atomic E-state index is -0.419. The van der Waals surface area contributed by atoms with Crippen molar-refractivity contribution >= 4 is 5.78 Å². The summed E-state index contributed by atoms with van der Waals surface area (Å²) >= 11 is 0. The first-order chi connectivity index (χ1) is 9.08. The molecule has 0 amide bonds. The summed E-state index contributed by atoms with van der Waals surface area (Å²) in [7, 11) is 0. The van der Waals surface area contributed by atoms with Crippen LogP contribution >= 0.6 is 0 Å². The minimum absolute atomic E-state index is 0.110. The second-order valence-corrected chi connectivity index (χ2v) is 5.06. The second kappa shape index (κ2) is 8.05. The normalized spacial score (nSPS) is 12.7. The van der Waals surface area contributed by atoms with Crippen LogP contribution in [0.3, 0.4) is 0 Å². The van der Waals surface area contributed by atoms with E-state index in [-0.39, 0.29) is 11.3 Å². The number of ketones is 1. The van der Waals surface area contributed by atoms with Gasteiger partial charge in [-0.2, -0.15) is 0 Å². The van der Waals surface area contributed by atoms with Crippen molar-refractivity contribution in [3.8, 4) is 0 Å². The molecule has 0 heterocycles. The Morgan fingerprint density at radius 1 is 1.32 bits per heavy atom. The van der Waals surface area contributed by atoms with Gasteiger partial charge in [0.2, 0.25) is 0 Å². The van der Waals surface area contributed by atoms with Gasteiger partial charge in [-0.05, 0) is 24.6 Å². The Balaban J connectivity index is 2.51. The zero-order chi connectivity index (χ0) is 14.3. The Morgan fingerprint density at radius 3 is 2.58 bits per heavy atom. The van der Waals surface area contributed by atoms with Gasteiger partial charge in [0.15, 0.2) is 5.78 Å². The zero-order valence-corrected chi connectivity index (χ0v) is 12.2. The number of Topliss-reactive ketones (excluding diaryl/α,β-unsaturated/α-hetero) is 1. The molecule has 0 aliphatic heterocycles. The van der Waals surface area contributed by atoms with Crippen LogP contribution in [0.25, 0.3) is 0 Å². The van der Waals surface area contributed by atoms with Gasteiger partial charge in [-0.1, -0.05) is 39.3 Å². The van der Waals surface area contributed by atoms with E-state index in [4.69, 9.17) is 0 Å². The van der Waals surface area contributed by atoms with Crippen molar-refractivity contribution in [3.05, 3.63) is 35.6 Å². The van der Waals surface area contributed by atoms with Crippen LogP contribution in [0.15, 0.2) is 24.3 Å². The highest BCUT2D eigenvalue weighted by atomic mass is 19.1. The Labute approximate surface area is 115 Å². The van der Waals surface area contributed by atoms with Crippen LogP contribution in [-0.4, -0.2) is 30.3 Å². The first kappa shape index (κ1) is 15.8. The van der Waals surface area contributed by atoms with Gasteiger partial charge in [-0.3, -0.25) is 4.79 Å². The van der Waals surface area contributed by atoms with Gasteiger partial charge in [-0.15, -0.1) is 0 Å². The maximum atomic E-state index is 13.5. The molecule has 1 aromatic carbocycles. The van der Waals surface area contributed by atoms with Gasteiger partial charge in [-0.25, -0.2) is 4.39 Å². The number of halogens is 1. The molecule has 0 aromatic heterocycles. The van der Waals surface area contributed by atoms with Crippen molar-refractivity contribution < 1.29 is 9.18 Å². The van der Waals surface area contributed by atoms with Crippen molar-refractivity contribution in [3.63, 3.8) is 0 Å². The molecule has 0 aliphatic carbocycles. The van der Waals surface area contributed by atoms with Crippen LogP contribution in [0.4, 0.5) is 4.39 Å². The number of nitrogens with zero attached hydrogens (tertiary/aromatic N) is 1. The number of benzene rings is 1. The lowest BCUT2D eigenvalue weighted by molar-refractivity contribution is 0.0957. The fourth-order valence-corrected chi connectivity index (χ4v) is 2.03. The van der Waals surface area contributed by atoms with Gasteiger partial charge >= 0.3 is 0 Å². The number of carbonyl (C=O) groups excluding carboxylic acids is 1. The Bertz CT molecular complexity index is 405. The summed E-state index contributed by atoms with van der Waals surface area (Å²) in [4.78, 5) is 14.2. The van der Waals surface area contributed by atoms with Crippen LogP contribution in [-0.2, 0) is 0 Å². The molecule has 0 saturated heterocycles. The van der Waals surface area contributed by atoms with Crippen LogP contribution in [0, 0.1) is 11.7 Å². The summed E-state index contributed by atoms with van der Waals surface area (Å²) in [5, 5.41) is 0. The van der Waals surface area contributed by atoms with Crippen molar-refractivity contribution in [1.29, 1.82) is 0 Å². The van der Waals surface area contributed by atoms with E-state index >= 15 is 0 Å². The SMILES string of the molecule is CCC(C)CN(CC)CCC(=O)c1ccccc1F. The highest BCUT2D eigenvalue weighted by molar-refractivity contribution is 5.96. The smallest absolute Gasteiger partial charge is 0.167 e. The molecule has 2 nitrogen and oxygen atoms in total. The largest absolute Gasteiger partial charge is 0.303 e. The molecule has 1 rings (SSSR count). The zero-order valence-electron chi connectivity index (χ0n) is 12.2. The second-order valence-electron chi connectivity index (χ2n) is 5.06. The van der Waals surface area contributed by atoms with Gasteiger partial charge in [0.25, 0.3) is 0 Å². The quantitative estimate of drug-likeness (QED) is 0.667. The molecule has 0 N–H and O–H groups in total. The van der Waals surface area contributed by atoms with Gasteiger partial charge in [0.1, 0.15) is 5.82 Å². The van der Waals surface area contributed by atoms with Crippen LogP contribution < -0.4 is 0 Å². The lowest BCUT2D eigenvalue weighted by atomic mass is 10.1. The lowest BCUT2D eigenvalue weighted by Gasteiger charge is -2.23. The summed E-state index contributed by atoms with van der Waals surface area (Å²) in [6.07, 6.45) is 1.52. The number of hydrogen-bond donors (Lipinski definition) is 0. The first-order valence-electron chi connectivity index (χ1n) is 7.08. The number of rotatable bonds is 8. The lowest BCUT2D eigenvalue weighted by Crippen LogP contribution is -2.30. The van der Waals surface area contributed by atoms with Gasteiger partial charge in [0, 0.05) is 19.5 Å². The molecular formula is C16H24FNO. The number of hydrogen-bond acceptors (Lipinski definition) is 2. The third-order valence-corrected chi connectivity index (χ3v) is 3.54. The Hall–Kier alpha value is -1.22. The van der Waals surface area contributed by atoms with E-state index in [0.717, 1.165) is 19.5 Å². The van der Waals surface area contributed by atoms with E-state index < -0.39 is 5.82 Å². The predicted molar refractivity (Wildman–Crippen MR) is 76.9 cm³/mol. The third kappa shape index (κ3) is 5.11. The summed E-state index contributed by atoms with van der Waals surface area (Å²) in [6.45, 7) is 9.10. The minimum Gasteiger partial charge on any atom is -0.303 e. The standard InChI is InChI=1S/C16H24FNO/c1-4-13(3)12-18(5-2)11-10-16(19)14-8-6-7-9-15(14)17/h6-9,13H,4-5,10-12H2,1-3H3. The van der Waals surface area contributed by atoms with Crippen LogP contribution in [0.1, 0.15) is 44.0 Å². The summed E-state index contributed by atoms with van der Waals surface area (Å²) in [5.74, 6) is 0.0988. The van der Waals surface area contributed by atoms with E-state index in [1.165, 1.54) is 6.07 Å². The fraction of sp³-hybridized carbons (Fsp3) is 0.562. The maximum Gasteiger partial charge on any atom is 0.167 e. The third-order valence-electron chi connectivity index (χ3n) is 3.54. The van der Waals surface area contributed by atoms with E-state index in [0.29, 0.717) is 18.9 Å². The molecule has 1 atom stereocenters. The molecule has 0 saturated carbocycles. The summed E-state index contributed by atoms with van der Waals surface area (Å²) in [5.41, 5.74) is 0.210. The highest BCUT2D eigenvalue weighted by Crippen LogP contribution is 2.11. The topological polar surface area (TPSA) is 20.3 Å². The molecule has 3 heteroatoms. The highest BCUT2D eigenvalue weighted by Gasteiger charge is 2.13. The fourth-order valence-electron chi connectivity index (χ4n) is 2.03. The van der Waals surface area contributed by atoms with Crippen molar-refractivity contribution in [2.45, 2.75) is 33.6 Å². The van der Waals surface area contributed by atoms with Crippen molar-refractivity contribution in [2.75, 3.05) is 19.6 Å². The Morgan fingerprint density at radius 2 is 2.00 bits per heavy atom. The van der Waals surface area contributed by atoms with Crippen molar-refractivity contribution in [2.24, 2.45) is 5.92 Å². The summed E-state index contributed by atoms with van der Waals surface area (Å²) < 4.78 is 13.5. The van der Waals surface area contributed by atoms with Crippen LogP contribution in [0.5, 0.6) is 0 Å². The summed E-state index contributed by atoms with van der Waals surface area (Å²) in [6, 6.07) is 6.20. The first-order valence-corrected chi connectivity index (χ1v) is 7.08. The molecule has 0 fully saturated rings. The van der Waals surface area contributed by atoms with Crippen LogP contribution in [0.2, 0.25) is 0 Å². The van der Waals surface area contributed by atoms with E-state index in [2.05, 4.69) is 25.7 Å². The molecule has 1 unspecified atom stereocenters. The molecule has 19 heavy (non-hydrogen) atoms. The number of carbonyl (C=O) groups is 1. The maximum absolute atomic E-state index is 13.5. The molecule has 1 aromatic rings. The molecule has 106 valence electrons. The molecule has 0 bridgehead atoms. The van der Waals surface area contributed by atoms with E-state index in [9.17, 15) is 9.18 Å². The van der Waals surface area contributed by atoms with E-state index in [1.54, 1.807) is 18.2 Å². The Kier molecular flexibility index (Phi) is 6.71. The van der Waals surface area contributed by atoms with E-state index in [1.807, 2.05) is 0 Å². The molecule has 0 radical (unpaired) electrons. The monoisotopic (exact) mass is 265 g/mol. The van der Waals surface area contributed by atoms with Gasteiger partial charge in [0.05, 0.1) is 5.56 Å². The molecular weight excluding hydrogens is 241 g/mol.